The zero-order valence-corrected chi connectivity index (χ0v) is 20.9. The zero-order valence-electron chi connectivity index (χ0n) is 20.9. The standard InChI is InChI=1S/C28H31N3O4/c1-6-20-13-18(10-16(3)26(20)30-23(32)8-9-24(30)33)12-19-11-17(4)27(21(7-2)14-19)31-25(34)15-22(29-5)28(31)35/h8-11,13-14,22,29H,6-7,12,15H2,1-5H3. The molecule has 1 saturated heterocycles. The molecular formula is C28H31N3O4. The summed E-state index contributed by atoms with van der Waals surface area (Å²) in [4.78, 5) is 52.6. The van der Waals surface area contributed by atoms with Gasteiger partial charge in [0.2, 0.25) is 5.91 Å². The van der Waals surface area contributed by atoms with Crippen LogP contribution in [0.5, 0.6) is 0 Å². The van der Waals surface area contributed by atoms with E-state index in [2.05, 4.69) is 17.4 Å². The van der Waals surface area contributed by atoms with Gasteiger partial charge in [-0.1, -0.05) is 38.1 Å². The van der Waals surface area contributed by atoms with Crippen molar-refractivity contribution in [2.75, 3.05) is 16.8 Å². The number of benzene rings is 2. The van der Waals surface area contributed by atoms with Gasteiger partial charge in [0.15, 0.2) is 0 Å². The van der Waals surface area contributed by atoms with Crippen molar-refractivity contribution in [3.63, 3.8) is 0 Å². The van der Waals surface area contributed by atoms with Crippen LogP contribution in [0.1, 0.15) is 53.6 Å². The lowest BCUT2D eigenvalue weighted by molar-refractivity contribution is -0.122. The van der Waals surface area contributed by atoms with Crippen LogP contribution < -0.4 is 15.1 Å². The van der Waals surface area contributed by atoms with Crippen LogP contribution in [0.2, 0.25) is 0 Å². The van der Waals surface area contributed by atoms with Gasteiger partial charge in [0, 0.05) is 12.2 Å². The van der Waals surface area contributed by atoms with E-state index in [1.165, 1.54) is 22.0 Å². The number of carbonyl (C=O) groups is 4. The number of hydrogen-bond acceptors (Lipinski definition) is 5. The van der Waals surface area contributed by atoms with Crippen LogP contribution in [0, 0.1) is 13.8 Å². The average Bonchev–Trinajstić information content (AvgIpc) is 3.30. The predicted molar refractivity (Wildman–Crippen MR) is 136 cm³/mol. The highest BCUT2D eigenvalue weighted by molar-refractivity contribution is 6.28. The Morgan fingerprint density at radius 2 is 1.29 bits per heavy atom. The second kappa shape index (κ2) is 9.58. The summed E-state index contributed by atoms with van der Waals surface area (Å²) < 4.78 is 0. The van der Waals surface area contributed by atoms with E-state index in [0.717, 1.165) is 33.4 Å². The summed E-state index contributed by atoms with van der Waals surface area (Å²) >= 11 is 0. The molecule has 4 amide bonds. The molecule has 1 unspecified atom stereocenters. The van der Waals surface area contributed by atoms with Gasteiger partial charge in [-0.15, -0.1) is 0 Å². The van der Waals surface area contributed by atoms with E-state index in [1.54, 1.807) is 7.05 Å². The molecule has 2 heterocycles. The molecule has 0 aromatic heterocycles. The third-order valence-corrected chi connectivity index (χ3v) is 6.80. The smallest absolute Gasteiger partial charge is 0.258 e. The normalized spacial score (nSPS) is 17.9. The summed E-state index contributed by atoms with van der Waals surface area (Å²) in [5, 5.41) is 2.93. The fourth-order valence-corrected chi connectivity index (χ4v) is 5.20. The van der Waals surface area contributed by atoms with Crippen LogP contribution in [-0.4, -0.2) is 36.7 Å². The van der Waals surface area contributed by atoms with Crippen LogP contribution in [-0.2, 0) is 38.4 Å². The van der Waals surface area contributed by atoms with E-state index in [9.17, 15) is 19.2 Å². The van der Waals surface area contributed by atoms with Crippen LogP contribution >= 0.6 is 0 Å². The second-order valence-corrected chi connectivity index (χ2v) is 9.18. The molecule has 182 valence electrons. The van der Waals surface area contributed by atoms with Crippen molar-refractivity contribution < 1.29 is 19.2 Å². The highest BCUT2D eigenvalue weighted by atomic mass is 16.2. The van der Waals surface area contributed by atoms with E-state index in [-0.39, 0.29) is 30.0 Å². The fraction of sp³-hybridized carbons (Fsp3) is 0.357. The first-order chi connectivity index (χ1) is 16.7. The number of nitrogens with zero attached hydrogens (tertiary/aromatic N) is 2. The minimum atomic E-state index is -0.482. The lowest BCUT2D eigenvalue weighted by Crippen LogP contribution is -2.37. The molecule has 2 aromatic rings. The molecule has 0 aliphatic carbocycles. The Kier molecular flexibility index (Phi) is 6.72. The Labute approximate surface area is 205 Å². The highest BCUT2D eigenvalue weighted by Gasteiger charge is 2.40. The lowest BCUT2D eigenvalue weighted by Gasteiger charge is -2.23. The van der Waals surface area contributed by atoms with E-state index in [4.69, 9.17) is 0 Å². The molecule has 0 spiro atoms. The summed E-state index contributed by atoms with van der Waals surface area (Å²) in [7, 11) is 1.69. The van der Waals surface area contributed by atoms with Crippen LogP contribution in [0.15, 0.2) is 36.4 Å². The van der Waals surface area contributed by atoms with Gasteiger partial charge in [0.25, 0.3) is 17.7 Å². The summed E-state index contributed by atoms with van der Waals surface area (Å²) in [6.07, 6.45) is 4.81. The van der Waals surface area contributed by atoms with Crippen molar-refractivity contribution in [1.82, 2.24) is 5.32 Å². The van der Waals surface area contributed by atoms with Crippen LogP contribution in [0.4, 0.5) is 11.4 Å². The average molecular weight is 474 g/mol. The van der Waals surface area contributed by atoms with Crippen molar-refractivity contribution in [2.45, 2.75) is 59.4 Å². The van der Waals surface area contributed by atoms with Gasteiger partial charge in [-0.3, -0.25) is 19.2 Å². The summed E-state index contributed by atoms with van der Waals surface area (Å²) in [6.45, 7) is 7.89. The molecule has 35 heavy (non-hydrogen) atoms. The van der Waals surface area contributed by atoms with Crippen molar-refractivity contribution in [1.29, 1.82) is 0 Å². The van der Waals surface area contributed by atoms with Crippen molar-refractivity contribution in [2.24, 2.45) is 0 Å². The first-order valence-electron chi connectivity index (χ1n) is 12.0. The number of aryl methyl sites for hydroxylation is 4. The molecule has 1 atom stereocenters. The molecule has 4 rings (SSSR count). The third kappa shape index (κ3) is 4.32. The lowest BCUT2D eigenvalue weighted by atomic mass is 9.93. The largest absolute Gasteiger partial charge is 0.308 e. The Morgan fingerprint density at radius 3 is 1.71 bits per heavy atom. The summed E-state index contributed by atoms with van der Waals surface area (Å²) in [5.41, 5.74) is 7.19. The fourth-order valence-electron chi connectivity index (χ4n) is 5.20. The van der Waals surface area contributed by atoms with Gasteiger partial charge in [-0.25, -0.2) is 9.80 Å². The van der Waals surface area contributed by atoms with E-state index in [0.29, 0.717) is 30.6 Å². The molecule has 0 bridgehead atoms. The number of likely N-dealkylation sites (N-methyl/N-ethyl adjacent to an activating group) is 1. The summed E-state index contributed by atoms with van der Waals surface area (Å²) in [5.74, 6) is -1.02. The maximum absolute atomic E-state index is 12.8. The molecule has 0 saturated carbocycles. The predicted octanol–water partition coefficient (Wildman–Crippen LogP) is 3.30. The van der Waals surface area contributed by atoms with Crippen molar-refractivity contribution in [3.05, 3.63) is 69.8 Å². The molecule has 2 aliphatic rings. The number of imide groups is 2. The Bertz CT molecular complexity index is 1260. The van der Waals surface area contributed by atoms with Gasteiger partial charge in [-0.05, 0) is 73.5 Å². The number of anilines is 2. The summed E-state index contributed by atoms with van der Waals surface area (Å²) in [6, 6.07) is 7.70. The van der Waals surface area contributed by atoms with Gasteiger partial charge in [0.05, 0.1) is 23.8 Å². The number of carbonyl (C=O) groups excluding carboxylic acids is 4. The molecule has 2 aliphatic heterocycles. The Morgan fingerprint density at radius 1 is 0.800 bits per heavy atom. The number of nitrogens with one attached hydrogen (secondary N) is 1. The highest BCUT2D eigenvalue weighted by Crippen LogP contribution is 2.34. The molecular weight excluding hydrogens is 442 g/mol. The molecule has 1 N–H and O–H groups in total. The molecule has 0 radical (unpaired) electrons. The van der Waals surface area contributed by atoms with Gasteiger partial charge in [-0.2, -0.15) is 0 Å². The van der Waals surface area contributed by atoms with Gasteiger partial charge >= 0.3 is 0 Å². The third-order valence-electron chi connectivity index (χ3n) is 6.80. The minimum absolute atomic E-state index is 0.169. The minimum Gasteiger partial charge on any atom is -0.308 e. The Balaban J connectivity index is 1.69. The zero-order chi connectivity index (χ0) is 25.4. The first-order valence-corrected chi connectivity index (χ1v) is 12.0. The SMILES string of the molecule is CCc1cc(Cc2cc(C)c(N3C(=O)CC(NC)C3=O)c(CC)c2)cc(C)c1N1C(=O)C=CC1=O. The molecule has 2 aromatic carbocycles. The maximum Gasteiger partial charge on any atom is 0.258 e. The van der Waals surface area contributed by atoms with Crippen LogP contribution in [0.3, 0.4) is 0 Å². The topological polar surface area (TPSA) is 86.8 Å². The van der Waals surface area contributed by atoms with E-state index in [1.807, 2.05) is 39.8 Å². The maximum atomic E-state index is 12.8. The monoisotopic (exact) mass is 473 g/mol. The quantitative estimate of drug-likeness (QED) is 0.624. The second-order valence-electron chi connectivity index (χ2n) is 9.18. The van der Waals surface area contributed by atoms with E-state index >= 15 is 0 Å². The van der Waals surface area contributed by atoms with Crippen molar-refractivity contribution >= 4 is 35.0 Å². The van der Waals surface area contributed by atoms with Crippen LogP contribution in [0.25, 0.3) is 0 Å². The Hall–Kier alpha value is -3.58. The number of hydrogen-bond donors (Lipinski definition) is 1. The molecule has 7 nitrogen and oxygen atoms in total. The van der Waals surface area contributed by atoms with Gasteiger partial charge in [0.1, 0.15) is 0 Å². The number of rotatable bonds is 7. The molecule has 1 fully saturated rings. The van der Waals surface area contributed by atoms with Crippen molar-refractivity contribution in [3.8, 4) is 0 Å². The first kappa shape index (κ1) is 24.5. The van der Waals surface area contributed by atoms with E-state index < -0.39 is 6.04 Å². The molecule has 7 heteroatoms. The number of amides is 4. The van der Waals surface area contributed by atoms with Gasteiger partial charge < -0.3 is 5.32 Å².